The van der Waals surface area contributed by atoms with E-state index in [2.05, 4.69) is 334 Å². The molecule has 0 amide bonds. The summed E-state index contributed by atoms with van der Waals surface area (Å²) in [6, 6.07) is 118. The van der Waals surface area contributed by atoms with Crippen LogP contribution in [0.25, 0.3) is 166 Å². The van der Waals surface area contributed by atoms with E-state index >= 15 is 0 Å². The highest BCUT2D eigenvalue weighted by Crippen LogP contribution is 2.50. The summed E-state index contributed by atoms with van der Waals surface area (Å²) in [6.07, 6.45) is 0. The molecule has 0 bridgehead atoms. The van der Waals surface area contributed by atoms with E-state index in [-0.39, 0.29) is 0 Å². The lowest BCUT2D eigenvalue weighted by atomic mass is 9.94. The van der Waals surface area contributed by atoms with E-state index < -0.39 is 0 Å². The molecule has 4 aromatic heterocycles. The van der Waals surface area contributed by atoms with Crippen LogP contribution in [0, 0.1) is 22.7 Å². The molecule has 0 radical (unpaired) electrons. The number of para-hydroxylation sites is 4. The molecule has 0 aliphatic heterocycles. The fraction of sp³-hybridized carbons (Fsp3) is 0. The second kappa shape index (κ2) is 21.0. The van der Waals surface area contributed by atoms with Crippen LogP contribution in [0.4, 0.5) is 0 Å². The maximum atomic E-state index is 12.0. The number of nitriles is 2. The lowest BCUT2D eigenvalue weighted by molar-refractivity contribution is 1.07. The summed E-state index contributed by atoms with van der Waals surface area (Å²) in [6.45, 7) is 0. The Morgan fingerprint density at radius 1 is 0.185 bits per heavy atom. The molecule has 18 rings (SSSR count). The van der Waals surface area contributed by atoms with Crippen molar-refractivity contribution in [1.29, 1.82) is 10.5 Å². The Labute approximate surface area is 530 Å². The molecular weight excluding hydrogens is 1120 g/mol. The van der Waals surface area contributed by atoms with E-state index in [1.54, 1.807) is 0 Å². The molecule has 0 saturated heterocycles. The molecule has 0 atom stereocenters. The molecular formula is C86H52N6. The van der Waals surface area contributed by atoms with Gasteiger partial charge in [0.1, 0.15) is 12.1 Å². The molecule has 92 heavy (non-hydrogen) atoms. The zero-order valence-electron chi connectivity index (χ0n) is 49.7. The van der Waals surface area contributed by atoms with Crippen LogP contribution >= 0.6 is 0 Å². The molecule has 14 aromatic carbocycles. The predicted octanol–water partition coefficient (Wildman–Crippen LogP) is 22.2. The monoisotopic (exact) mass is 1170 g/mol. The first kappa shape index (κ1) is 52.4. The largest absolute Gasteiger partial charge is 0.307 e. The van der Waals surface area contributed by atoms with Gasteiger partial charge in [0.25, 0.3) is 0 Å². The van der Waals surface area contributed by atoms with Crippen LogP contribution in [0.3, 0.4) is 0 Å². The van der Waals surface area contributed by atoms with Crippen molar-refractivity contribution in [1.82, 2.24) is 18.3 Å². The van der Waals surface area contributed by atoms with Gasteiger partial charge in [-0.15, -0.1) is 0 Å². The van der Waals surface area contributed by atoms with Crippen molar-refractivity contribution in [3.63, 3.8) is 0 Å². The second-order valence-electron chi connectivity index (χ2n) is 23.7. The standard InChI is InChI=1S/C86H52N6/c87-53-63-38-44-70(85(90-77-35-19-15-31-67(77)73-50-60(41-47-80(73)90)56-23-7-2-8-24-56)83(63)89-76-34-18-14-30-66(76)72-49-59(40-46-79(72)89)55-21-5-1-6-22-55)71-45-39-64(54-88)84(92-75-33-17-13-29-65(75)69-43-37-62(52-82(69)92)58-27-11-4-12-28-58)86(71)91-78-36-20-16-32-68(78)74-51-61(42-48-81(74)91)57-25-9-3-10-26-57/h1-52H. The lowest BCUT2D eigenvalue weighted by Gasteiger charge is -2.26. The first-order valence-electron chi connectivity index (χ1n) is 31.1. The van der Waals surface area contributed by atoms with Crippen LogP contribution < -0.4 is 0 Å². The number of nitrogens with zero attached hydrogens (tertiary/aromatic N) is 6. The summed E-state index contributed by atoms with van der Waals surface area (Å²) in [5.74, 6) is 0. The Balaban J connectivity index is 1.05. The van der Waals surface area contributed by atoms with Crippen molar-refractivity contribution in [2.45, 2.75) is 0 Å². The maximum absolute atomic E-state index is 12.0. The van der Waals surface area contributed by atoms with Crippen molar-refractivity contribution >= 4 is 87.2 Å². The highest BCUT2D eigenvalue weighted by atomic mass is 15.1. The molecule has 0 fully saturated rings. The number of benzene rings is 14. The van der Waals surface area contributed by atoms with Crippen LogP contribution in [-0.2, 0) is 0 Å². The molecule has 426 valence electrons. The molecule has 0 spiro atoms. The normalized spacial score (nSPS) is 11.7. The third kappa shape index (κ3) is 7.98. The van der Waals surface area contributed by atoms with Crippen molar-refractivity contribution in [3.05, 3.63) is 327 Å². The molecule has 0 unspecified atom stereocenters. The number of hydrogen-bond acceptors (Lipinski definition) is 2. The third-order valence-corrected chi connectivity index (χ3v) is 18.8. The van der Waals surface area contributed by atoms with Gasteiger partial charge in [0, 0.05) is 54.2 Å². The minimum Gasteiger partial charge on any atom is -0.307 e. The number of fused-ring (bicyclic) bond motifs is 12. The molecule has 0 N–H and O–H groups in total. The van der Waals surface area contributed by atoms with Gasteiger partial charge < -0.3 is 18.3 Å². The van der Waals surface area contributed by atoms with E-state index in [0.29, 0.717) is 11.1 Å². The summed E-state index contributed by atoms with van der Waals surface area (Å²) in [7, 11) is 0. The van der Waals surface area contributed by atoms with Gasteiger partial charge >= 0.3 is 0 Å². The van der Waals surface area contributed by atoms with Crippen molar-refractivity contribution in [2.75, 3.05) is 0 Å². The minimum absolute atomic E-state index is 0.501. The fourth-order valence-corrected chi connectivity index (χ4v) is 14.8. The summed E-state index contributed by atoms with van der Waals surface area (Å²) in [5.41, 5.74) is 22.4. The van der Waals surface area contributed by atoms with E-state index in [9.17, 15) is 10.5 Å². The van der Waals surface area contributed by atoms with Crippen molar-refractivity contribution in [2.24, 2.45) is 0 Å². The van der Waals surface area contributed by atoms with E-state index in [0.717, 1.165) is 166 Å². The Morgan fingerprint density at radius 2 is 0.446 bits per heavy atom. The Hall–Kier alpha value is -12.7. The van der Waals surface area contributed by atoms with Gasteiger partial charge in [0.2, 0.25) is 0 Å². The highest BCUT2D eigenvalue weighted by molar-refractivity contribution is 6.17. The minimum atomic E-state index is 0.501. The van der Waals surface area contributed by atoms with Crippen LogP contribution in [0.15, 0.2) is 315 Å². The van der Waals surface area contributed by atoms with E-state index in [1.165, 1.54) is 0 Å². The molecule has 0 aliphatic carbocycles. The Morgan fingerprint density at radius 3 is 0.793 bits per heavy atom. The first-order chi connectivity index (χ1) is 45.6. The van der Waals surface area contributed by atoms with Gasteiger partial charge in [0.15, 0.2) is 0 Å². The molecule has 0 saturated carbocycles. The summed E-state index contributed by atoms with van der Waals surface area (Å²) < 4.78 is 9.51. The smallest absolute Gasteiger partial charge is 0.101 e. The maximum Gasteiger partial charge on any atom is 0.101 e. The van der Waals surface area contributed by atoms with Gasteiger partial charge in [-0.25, -0.2) is 0 Å². The van der Waals surface area contributed by atoms with E-state index in [4.69, 9.17) is 0 Å². The average molecular weight is 1170 g/mol. The van der Waals surface area contributed by atoms with Crippen LogP contribution in [0.5, 0.6) is 0 Å². The van der Waals surface area contributed by atoms with Gasteiger partial charge in [-0.1, -0.05) is 237 Å². The summed E-state index contributed by atoms with van der Waals surface area (Å²) >= 11 is 0. The summed E-state index contributed by atoms with van der Waals surface area (Å²) in [4.78, 5) is 0. The zero-order chi connectivity index (χ0) is 61.0. The van der Waals surface area contributed by atoms with E-state index in [1.807, 2.05) is 12.1 Å². The predicted molar refractivity (Wildman–Crippen MR) is 380 cm³/mol. The molecule has 18 aromatic rings. The van der Waals surface area contributed by atoms with Crippen LogP contribution in [0.1, 0.15) is 11.1 Å². The average Bonchev–Trinajstić information content (AvgIpc) is 1.49. The Kier molecular flexibility index (Phi) is 11.9. The molecule has 0 aliphatic rings. The quantitative estimate of drug-likeness (QED) is 0.145. The van der Waals surface area contributed by atoms with Crippen molar-refractivity contribution < 1.29 is 0 Å². The summed E-state index contributed by atoms with van der Waals surface area (Å²) in [5, 5.41) is 32.6. The van der Waals surface area contributed by atoms with Crippen LogP contribution in [0.2, 0.25) is 0 Å². The van der Waals surface area contributed by atoms with Crippen LogP contribution in [-0.4, -0.2) is 18.3 Å². The lowest BCUT2D eigenvalue weighted by Crippen LogP contribution is -2.11. The van der Waals surface area contributed by atoms with Crippen molar-refractivity contribution in [3.8, 4) is 90.5 Å². The number of aromatic nitrogens is 4. The fourth-order valence-electron chi connectivity index (χ4n) is 14.8. The Bertz CT molecular complexity index is 6130. The third-order valence-electron chi connectivity index (χ3n) is 18.8. The molecule has 6 heteroatoms. The molecule has 4 heterocycles. The van der Waals surface area contributed by atoms with Gasteiger partial charge in [-0.3, -0.25) is 0 Å². The highest BCUT2D eigenvalue weighted by Gasteiger charge is 2.31. The molecule has 6 nitrogen and oxygen atoms in total. The number of hydrogen-bond donors (Lipinski definition) is 0. The van der Waals surface area contributed by atoms with Gasteiger partial charge in [-0.05, 0) is 123 Å². The number of rotatable bonds is 9. The zero-order valence-corrected chi connectivity index (χ0v) is 49.7. The second-order valence-corrected chi connectivity index (χ2v) is 23.7. The first-order valence-corrected chi connectivity index (χ1v) is 31.1. The SMILES string of the molecule is N#Cc1ccc(-c2ccc(C#N)c(-n3c4ccccc4c4ccc(-c5ccccc5)cc43)c2-n2c3ccccc3c3cc(-c4ccccc4)ccc32)c(-n2c3ccccc3c3cc(-c4ccccc4)ccc32)c1-n1c2ccccc2c2cc(-c3ccccc3)ccc21. The van der Waals surface area contributed by atoms with Gasteiger partial charge in [-0.2, -0.15) is 10.5 Å². The topological polar surface area (TPSA) is 67.3 Å². The van der Waals surface area contributed by atoms with Gasteiger partial charge in [0.05, 0.1) is 78.0 Å².